The molecule has 0 radical (unpaired) electrons. The molecule has 2 heterocycles. The molecule has 2 atom stereocenters. The van der Waals surface area contributed by atoms with Crippen LogP contribution < -0.4 is 5.32 Å². The zero-order valence-electron chi connectivity index (χ0n) is 12.6. The van der Waals surface area contributed by atoms with E-state index in [4.69, 9.17) is 4.42 Å². The molecule has 0 aromatic carbocycles. The zero-order chi connectivity index (χ0) is 14.4. The van der Waals surface area contributed by atoms with Crippen molar-refractivity contribution in [1.82, 2.24) is 10.2 Å². The molecule has 0 saturated carbocycles. The summed E-state index contributed by atoms with van der Waals surface area (Å²) in [7, 11) is 0. The van der Waals surface area contributed by atoms with Gasteiger partial charge in [0.05, 0.1) is 6.26 Å². The van der Waals surface area contributed by atoms with Gasteiger partial charge in [0.15, 0.2) is 0 Å². The molecule has 4 nitrogen and oxygen atoms in total. The van der Waals surface area contributed by atoms with E-state index < -0.39 is 0 Å². The molecule has 1 fully saturated rings. The van der Waals surface area contributed by atoms with Crippen molar-refractivity contribution in [2.75, 3.05) is 19.6 Å². The number of furan rings is 1. The first-order valence-corrected chi connectivity index (χ1v) is 7.36. The highest BCUT2D eigenvalue weighted by atomic mass is 35.5. The third kappa shape index (κ3) is 5.21. The Morgan fingerprint density at radius 2 is 2.43 bits per heavy atom. The first kappa shape index (κ1) is 17.8. The maximum atomic E-state index is 12.6. The van der Waals surface area contributed by atoms with Crippen LogP contribution in [0.3, 0.4) is 0 Å². The highest BCUT2D eigenvalue weighted by Crippen LogP contribution is 2.19. The highest BCUT2D eigenvalue weighted by molar-refractivity contribution is 5.85. The summed E-state index contributed by atoms with van der Waals surface area (Å²) in [6, 6.07) is 4.25. The molecule has 0 bridgehead atoms. The molecule has 5 heteroatoms. The number of carbonyl (C=O) groups is 1. The summed E-state index contributed by atoms with van der Waals surface area (Å²) in [5, 5.41) is 3.39. The van der Waals surface area contributed by atoms with Gasteiger partial charge in [-0.3, -0.25) is 4.79 Å². The fourth-order valence-corrected chi connectivity index (χ4v) is 2.76. The van der Waals surface area contributed by atoms with Crippen LogP contribution in [0.4, 0.5) is 0 Å². The molecule has 2 rings (SSSR count). The summed E-state index contributed by atoms with van der Waals surface area (Å²) in [6.45, 7) is 8.13. The van der Waals surface area contributed by atoms with Gasteiger partial charge in [-0.1, -0.05) is 6.08 Å². The second-order valence-corrected chi connectivity index (χ2v) is 5.48. The molecule has 1 amide bonds. The van der Waals surface area contributed by atoms with Crippen LogP contribution in [0.1, 0.15) is 25.5 Å². The standard InChI is InChI=1S/C16H24N2O2.ClH/c1-3-9-18(10-7-15-5-4-11-20-15)16(19)14-6-8-17-13(2)12-14;/h3-5,11,13-14,17H,1,6-10,12H2,2H3;1H/t13-,14-;/m0./s1. The van der Waals surface area contributed by atoms with Crippen LogP contribution in [0, 0.1) is 5.92 Å². The van der Waals surface area contributed by atoms with Gasteiger partial charge in [0.1, 0.15) is 5.76 Å². The van der Waals surface area contributed by atoms with E-state index in [0.29, 0.717) is 19.1 Å². The van der Waals surface area contributed by atoms with E-state index in [1.807, 2.05) is 17.0 Å². The van der Waals surface area contributed by atoms with Gasteiger partial charge in [-0.2, -0.15) is 0 Å². The van der Waals surface area contributed by atoms with Crippen molar-refractivity contribution in [2.45, 2.75) is 32.2 Å². The maximum Gasteiger partial charge on any atom is 0.226 e. The van der Waals surface area contributed by atoms with Gasteiger partial charge in [-0.05, 0) is 38.4 Å². The van der Waals surface area contributed by atoms with Gasteiger partial charge in [0.25, 0.3) is 0 Å². The van der Waals surface area contributed by atoms with Crippen LogP contribution in [0.2, 0.25) is 0 Å². The first-order valence-electron chi connectivity index (χ1n) is 7.36. The molecule has 1 saturated heterocycles. The smallest absolute Gasteiger partial charge is 0.226 e. The van der Waals surface area contributed by atoms with E-state index in [1.54, 1.807) is 12.3 Å². The number of piperidine rings is 1. The highest BCUT2D eigenvalue weighted by Gasteiger charge is 2.28. The summed E-state index contributed by atoms with van der Waals surface area (Å²) in [5.41, 5.74) is 0. The minimum atomic E-state index is 0. The third-order valence-corrected chi connectivity index (χ3v) is 3.84. The monoisotopic (exact) mass is 312 g/mol. The summed E-state index contributed by atoms with van der Waals surface area (Å²) in [5.74, 6) is 1.32. The Bertz CT molecular complexity index is 433. The molecule has 1 aromatic heterocycles. The van der Waals surface area contributed by atoms with Gasteiger partial charge in [0, 0.05) is 31.5 Å². The molecule has 1 aliphatic heterocycles. The molecule has 0 aliphatic carbocycles. The van der Waals surface area contributed by atoms with E-state index in [2.05, 4.69) is 18.8 Å². The van der Waals surface area contributed by atoms with Gasteiger partial charge in [0.2, 0.25) is 5.91 Å². The van der Waals surface area contributed by atoms with Crippen LogP contribution in [0.5, 0.6) is 0 Å². The molecular formula is C16H25ClN2O2. The predicted molar refractivity (Wildman–Crippen MR) is 86.6 cm³/mol. The Kier molecular flexibility index (Phi) is 7.54. The van der Waals surface area contributed by atoms with E-state index in [-0.39, 0.29) is 24.2 Å². The van der Waals surface area contributed by atoms with E-state index >= 15 is 0 Å². The average molecular weight is 313 g/mol. The maximum absolute atomic E-state index is 12.6. The zero-order valence-corrected chi connectivity index (χ0v) is 13.4. The van der Waals surface area contributed by atoms with Crippen LogP contribution in [-0.2, 0) is 11.2 Å². The molecule has 118 valence electrons. The first-order chi connectivity index (χ1) is 9.70. The van der Waals surface area contributed by atoms with Gasteiger partial charge in [-0.25, -0.2) is 0 Å². The number of nitrogens with zero attached hydrogens (tertiary/aromatic N) is 1. The molecule has 21 heavy (non-hydrogen) atoms. The van der Waals surface area contributed by atoms with Gasteiger partial charge in [-0.15, -0.1) is 19.0 Å². The van der Waals surface area contributed by atoms with Crippen LogP contribution in [0.15, 0.2) is 35.5 Å². The van der Waals surface area contributed by atoms with Crippen molar-refractivity contribution in [1.29, 1.82) is 0 Å². The van der Waals surface area contributed by atoms with Crippen molar-refractivity contribution in [3.8, 4) is 0 Å². The largest absolute Gasteiger partial charge is 0.469 e. The van der Waals surface area contributed by atoms with E-state index in [1.165, 1.54) is 0 Å². The fraction of sp³-hybridized carbons (Fsp3) is 0.562. The number of hydrogen-bond acceptors (Lipinski definition) is 3. The van der Waals surface area contributed by atoms with E-state index in [0.717, 1.165) is 31.6 Å². The van der Waals surface area contributed by atoms with Crippen molar-refractivity contribution >= 4 is 18.3 Å². The molecule has 1 aliphatic rings. The van der Waals surface area contributed by atoms with Crippen molar-refractivity contribution in [3.05, 3.63) is 36.8 Å². The number of nitrogens with one attached hydrogen (secondary N) is 1. The second-order valence-electron chi connectivity index (χ2n) is 5.48. The fourth-order valence-electron chi connectivity index (χ4n) is 2.76. The number of amides is 1. The van der Waals surface area contributed by atoms with Crippen LogP contribution in [-0.4, -0.2) is 36.5 Å². The Labute approximate surface area is 133 Å². The lowest BCUT2D eigenvalue weighted by Crippen LogP contribution is -2.44. The third-order valence-electron chi connectivity index (χ3n) is 3.84. The van der Waals surface area contributed by atoms with E-state index in [9.17, 15) is 4.79 Å². The number of carbonyl (C=O) groups excluding carboxylic acids is 1. The number of hydrogen-bond donors (Lipinski definition) is 1. The summed E-state index contributed by atoms with van der Waals surface area (Å²) in [6.07, 6.45) is 6.08. The molecule has 1 aromatic rings. The van der Waals surface area contributed by atoms with Crippen molar-refractivity contribution in [3.63, 3.8) is 0 Å². The summed E-state index contributed by atoms with van der Waals surface area (Å²) in [4.78, 5) is 14.5. The van der Waals surface area contributed by atoms with Crippen LogP contribution in [0.25, 0.3) is 0 Å². The minimum absolute atomic E-state index is 0. The second kappa shape index (κ2) is 8.90. The number of halogens is 1. The molecular weight excluding hydrogens is 288 g/mol. The lowest BCUT2D eigenvalue weighted by Gasteiger charge is -2.31. The Hall–Kier alpha value is -1.26. The Balaban J connectivity index is 0.00000220. The Morgan fingerprint density at radius 1 is 1.62 bits per heavy atom. The molecule has 0 spiro atoms. The lowest BCUT2D eigenvalue weighted by molar-refractivity contribution is -0.136. The van der Waals surface area contributed by atoms with Crippen molar-refractivity contribution < 1.29 is 9.21 Å². The predicted octanol–water partition coefficient (Wildman–Crippen LogP) is 2.65. The summed E-state index contributed by atoms with van der Waals surface area (Å²) >= 11 is 0. The van der Waals surface area contributed by atoms with Crippen molar-refractivity contribution in [2.24, 2.45) is 5.92 Å². The Morgan fingerprint density at radius 3 is 3.05 bits per heavy atom. The average Bonchev–Trinajstić information content (AvgIpc) is 2.96. The number of rotatable bonds is 6. The minimum Gasteiger partial charge on any atom is -0.469 e. The normalized spacial score (nSPS) is 21.4. The topological polar surface area (TPSA) is 45.5 Å². The quantitative estimate of drug-likeness (QED) is 0.821. The van der Waals surface area contributed by atoms with Gasteiger partial charge >= 0.3 is 0 Å². The SMILES string of the molecule is C=CCN(CCc1ccco1)C(=O)[C@H]1CCN[C@@H](C)C1.Cl. The van der Waals surface area contributed by atoms with Gasteiger partial charge < -0.3 is 14.6 Å². The molecule has 1 N–H and O–H groups in total. The lowest BCUT2D eigenvalue weighted by atomic mass is 9.92. The van der Waals surface area contributed by atoms with Crippen LogP contribution >= 0.6 is 12.4 Å². The molecule has 0 unspecified atom stereocenters. The summed E-state index contributed by atoms with van der Waals surface area (Å²) < 4.78 is 5.33.